The predicted octanol–water partition coefficient (Wildman–Crippen LogP) is 2.80. The van der Waals surface area contributed by atoms with Gasteiger partial charge < -0.3 is 9.47 Å². The molecule has 2 aromatic rings. The predicted molar refractivity (Wildman–Crippen MR) is 84.0 cm³/mol. The molecule has 1 aromatic carbocycles. The van der Waals surface area contributed by atoms with E-state index in [4.69, 9.17) is 9.47 Å². The maximum atomic E-state index is 11.8. The van der Waals surface area contributed by atoms with Crippen molar-refractivity contribution in [2.24, 2.45) is 7.05 Å². The summed E-state index contributed by atoms with van der Waals surface area (Å²) in [5.74, 6) is 0.433. The second-order valence-electron chi connectivity index (χ2n) is 4.29. The quantitative estimate of drug-likeness (QED) is 0.602. The first-order chi connectivity index (χ1) is 9.49. The minimum atomic E-state index is -0.382. The summed E-state index contributed by atoms with van der Waals surface area (Å²) in [5.41, 5.74) is 2.99. The summed E-state index contributed by atoms with van der Waals surface area (Å²) in [5, 5.41) is 4.42. The van der Waals surface area contributed by atoms with Gasteiger partial charge in [0, 0.05) is 18.2 Å². The molecular weight excluding hydrogens is 371 g/mol. The summed E-state index contributed by atoms with van der Waals surface area (Å²) < 4.78 is 12.6. The first-order valence-corrected chi connectivity index (χ1v) is 7.03. The number of methoxy groups -OCH3 is 2. The molecule has 0 N–H and O–H groups in total. The lowest BCUT2D eigenvalue weighted by molar-refractivity contribution is 0.0587. The number of hydrogen-bond donors (Lipinski definition) is 0. The van der Waals surface area contributed by atoms with Gasteiger partial charge in [0.05, 0.1) is 23.5 Å². The fourth-order valence-corrected chi connectivity index (χ4v) is 2.84. The van der Waals surface area contributed by atoms with E-state index >= 15 is 0 Å². The molecule has 2 rings (SSSR count). The van der Waals surface area contributed by atoms with E-state index in [0.717, 1.165) is 26.1 Å². The van der Waals surface area contributed by atoms with Crippen LogP contribution in [0.25, 0.3) is 11.3 Å². The highest BCUT2D eigenvalue weighted by Crippen LogP contribution is 2.30. The number of aryl methyl sites for hydroxylation is 1. The first kappa shape index (κ1) is 14.8. The van der Waals surface area contributed by atoms with E-state index in [1.165, 1.54) is 7.11 Å². The summed E-state index contributed by atoms with van der Waals surface area (Å²) >= 11 is 2.21. The highest BCUT2D eigenvalue weighted by Gasteiger charge is 2.20. The molecule has 5 nitrogen and oxygen atoms in total. The van der Waals surface area contributed by atoms with Gasteiger partial charge in [0.1, 0.15) is 11.4 Å². The number of esters is 1. The van der Waals surface area contributed by atoms with Crippen LogP contribution in [0.15, 0.2) is 18.2 Å². The number of rotatable bonds is 3. The Labute approximate surface area is 131 Å². The van der Waals surface area contributed by atoms with Gasteiger partial charge in [-0.2, -0.15) is 5.10 Å². The van der Waals surface area contributed by atoms with E-state index in [1.807, 2.05) is 25.1 Å². The van der Waals surface area contributed by atoms with E-state index in [9.17, 15) is 4.79 Å². The SMILES string of the molecule is COC(=O)c1c(C)c(-c2ccc(OC)c(I)c2)nn1C. The standard InChI is InChI=1S/C14H15IN2O3/c1-8-12(16-17(2)13(8)14(18)20-4)9-5-6-11(19-3)10(15)7-9/h5-7H,1-4H3. The second-order valence-corrected chi connectivity index (χ2v) is 5.45. The number of nitrogens with zero attached hydrogens (tertiary/aromatic N) is 2. The van der Waals surface area contributed by atoms with Crippen molar-refractivity contribution in [2.75, 3.05) is 14.2 Å². The number of hydrogen-bond acceptors (Lipinski definition) is 4. The van der Waals surface area contributed by atoms with Crippen LogP contribution in [0.2, 0.25) is 0 Å². The number of benzene rings is 1. The van der Waals surface area contributed by atoms with Crippen molar-refractivity contribution in [3.63, 3.8) is 0 Å². The van der Waals surface area contributed by atoms with Gasteiger partial charge in [-0.15, -0.1) is 0 Å². The molecule has 0 bridgehead atoms. The summed E-state index contributed by atoms with van der Waals surface area (Å²) in [4.78, 5) is 11.8. The molecule has 0 saturated heterocycles. The molecule has 0 unspecified atom stereocenters. The van der Waals surface area contributed by atoms with Gasteiger partial charge in [0.25, 0.3) is 0 Å². The Morgan fingerprint density at radius 3 is 2.60 bits per heavy atom. The zero-order chi connectivity index (χ0) is 14.9. The minimum Gasteiger partial charge on any atom is -0.496 e. The van der Waals surface area contributed by atoms with Crippen molar-refractivity contribution >= 4 is 28.6 Å². The lowest BCUT2D eigenvalue weighted by Gasteiger charge is -2.05. The largest absolute Gasteiger partial charge is 0.496 e. The molecule has 0 aliphatic carbocycles. The van der Waals surface area contributed by atoms with Gasteiger partial charge in [0.15, 0.2) is 0 Å². The molecule has 20 heavy (non-hydrogen) atoms. The normalized spacial score (nSPS) is 10.4. The summed E-state index contributed by atoms with van der Waals surface area (Å²) in [6.45, 7) is 1.87. The average molecular weight is 386 g/mol. The van der Waals surface area contributed by atoms with Crippen molar-refractivity contribution in [1.29, 1.82) is 0 Å². The third kappa shape index (κ3) is 2.52. The maximum absolute atomic E-state index is 11.8. The van der Waals surface area contributed by atoms with Crippen LogP contribution in [0.3, 0.4) is 0 Å². The number of ether oxygens (including phenoxy) is 2. The van der Waals surface area contributed by atoms with Crippen LogP contribution in [0, 0.1) is 10.5 Å². The Kier molecular flexibility index (Phi) is 4.32. The molecule has 0 saturated carbocycles. The van der Waals surface area contributed by atoms with Crippen LogP contribution in [0.5, 0.6) is 5.75 Å². The van der Waals surface area contributed by atoms with Crippen molar-refractivity contribution < 1.29 is 14.3 Å². The van der Waals surface area contributed by atoms with E-state index in [1.54, 1.807) is 18.8 Å². The molecule has 0 atom stereocenters. The molecule has 106 valence electrons. The zero-order valence-electron chi connectivity index (χ0n) is 11.7. The Balaban J connectivity index is 2.54. The van der Waals surface area contributed by atoms with Crippen molar-refractivity contribution in [1.82, 2.24) is 9.78 Å². The Morgan fingerprint density at radius 1 is 1.35 bits per heavy atom. The van der Waals surface area contributed by atoms with Gasteiger partial charge in [0.2, 0.25) is 0 Å². The molecule has 0 amide bonds. The Hall–Kier alpha value is -1.57. The summed E-state index contributed by atoms with van der Waals surface area (Å²) in [7, 11) is 4.74. The van der Waals surface area contributed by atoms with Crippen LogP contribution in [-0.4, -0.2) is 30.0 Å². The lowest BCUT2D eigenvalue weighted by Crippen LogP contribution is -2.09. The molecule has 0 spiro atoms. The lowest BCUT2D eigenvalue weighted by atomic mass is 10.1. The Bertz CT molecular complexity index is 665. The van der Waals surface area contributed by atoms with Gasteiger partial charge in [-0.1, -0.05) is 0 Å². The van der Waals surface area contributed by atoms with Crippen molar-refractivity contribution in [3.8, 4) is 17.0 Å². The van der Waals surface area contributed by atoms with Crippen molar-refractivity contribution in [3.05, 3.63) is 33.0 Å². The topological polar surface area (TPSA) is 53.4 Å². The monoisotopic (exact) mass is 386 g/mol. The van der Waals surface area contributed by atoms with Gasteiger partial charge >= 0.3 is 5.97 Å². The molecule has 1 heterocycles. The van der Waals surface area contributed by atoms with Gasteiger partial charge in [-0.3, -0.25) is 4.68 Å². The third-order valence-electron chi connectivity index (χ3n) is 3.09. The molecule has 0 aliphatic heterocycles. The van der Waals surface area contributed by atoms with Gasteiger partial charge in [-0.25, -0.2) is 4.79 Å². The molecule has 6 heteroatoms. The summed E-state index contributed by atoms with van der Waals surface area (Å²) in [6.07, 6.45) is 0. The number of carbonyl (C=O) groups excluding carboxylic acids is 1. The maximum Gasteiger partial charge on any atom is 0.356 e. The fourth-order valence-electron chi connectivity index (χ4n) is 2.10. The van der Waals surface area contributed by atoms with Crippen LogP contribution in [0.1, 0.15) is 16.1 Å². The van der Waals surface area contributed by atoms with E-state index in [2.05, 4.69) is 27.7 Å². The minimum absolute atomic E-state index is 0.382. The second kappa shape index (κ2) is 5.82. The average Bonchev–Trinajstić information content (AvgIpc) is 2.73. The Morgan fingerprint density at radius 2 is 2.05 bits per heavy atom. The molecular formula is C14H15IN2O3. The van der Waals surface area contributed by atoms with E-state index < -0.39 is 0 Å². The molecule has 0 fully saturated rings. The molecule has 0 radical (unpaired) electrons. The van der Waals surface area contributed by atoms with Crippen molar-refractivity contribution in [2.45, 2.75) is 6.92 Å². The van der Waals surface area contributed by atoms with E-state index in [0.29, 0.717) is 5.69 Å². The number of halogens is 1. The van der Waals surface area contributed by atoms with E-state index in [-0.39, 0.29) is 5.97 Å². The summed E-state index contributed by atoms with van der Waals surface area (Å²) in [6, 6.07) is 5.80. The molecule has 0 aliphatic rings. The number of aromatic nitrogens is 2. The third-order valence-corrected chi connectivity index (χ3v) is 3.93. The van der Waals surface area contributed by atoms with Crippen LogP contribution in [0.4, 0.5) is 0 Å². The van der Waals surface area contributed by atoms with Crippen LogP contribution >= 0.6 is 22.6 Å². The highest BCUT2D eigenvalue weighted by molar-refractivity contribution is 14.1. The highest BCUT2D eigenvalue weighted by atomic mass is 127. The number of carbonyl (C=O) groups is 1. The van der Waals surface area contributed by atoms with Crippen LogP contribution in [-0.2, 0) is 11.8 Å². The molecule has 1 aromatic heterocycles. The fraction of sp³-hybridized carbons (Fsp3) is 0.286. The van der Waals surface area contributed by atoms with Crippen LogP contribution < -0.4 is 4.74 Å². The smallest absolute Gasteiger partial charge is 0.356 e. The zero-order valence-corrected chi connectivity index (χ0v) is 13.9. The first-order valence-electron chi connectivity index (χ1n) is 5.95. The van der Waals surface area contributed by atoms with Gasteiger partial charge in [-0.05, 0) is 47.7 Å².